The molecule has 0 bridgehead atoms. The molecule has 1 nitrogen and oxygen atoms in total. The van der Waals surface area contributed by atoms with E-state index >= 15 is 0 Å². The molecule has 0 fully saturated rings. The first kappa shape index (κ1) is 29.5. The van der Waals surface area contributed by atoms with Crippen molar-refractivity contribution in [3.8, 4) is 5.75 Å². The highest BCUT2D eigenvalue weighted by atomic mass is 16.5. The van der Waals surface area contributed by atoms with Crippen LogP contribution in [0.3, 0.4) is 0 Å². The molecule has 0 aliphatic heterocycles. The second-order valence-corrected chi connectivity index (χ2v) is 11.3. The van der Waals surface area contributed by atoms with Crippen LogP contribution in [0.5, 0.6) is 5.75 Å². The zero-order valence-electron chi connectivity index (χ0n) is 24.2. The molecule has 0 N–H and O–H groups in total. The lowest BCUT2D eigenvalue weighted by atomic mass is 9.90. The molecule has 3 rings (SSSR count). The van der Waals surface area contributed by atoms with Crippen LogP contribution in [0.2, 0.25) is 0 Å². The van der Waals surface area contributed by atoms with Crippen LogP contribution in [-0.2, 0) is 0 Å². The molecule has 204 valence electrons. The standard InChI is InChI=1S/C36H54O/c1-3-5-7-9-11-12-13-14-16-18-28-37-36-27-26-34-29-33(24-25-35(34)30-36)32-22-20-31(21-23-32)19-17-15-10-8-6-4-2/h20,22,24-27,29-30H,3-19,21,23,28H2,1-2H3. The minimum Gasteiger partial charge on any atom is -0.494 e. The number of unbranched alkanes of at least 4 members (excludes halogenated alkanes) is 14. The first-order chi connectivity index (χ1) is 18.3. The molecule has 1 heteroatoms. The largest absolute Gasteiger partial charge is 0.494 e. The van der Waals surface area contributed by atoms with Gasteiger partial charge in [0.05, 0.1) is 6.61 Å². The van der Waals surface area contributed by atoms with Crippen molar-refractivity contribution in [3.05, 3.63) is 59.7 Å². The van der Waals surface area contributed by atoms with Crippen LogP contribution in [-0.4, -0.2) is 6.61 Å². The highest BCUT2D eigenvalue weighted by molar-refractivity contribution is 5.87. The monoisotopic (exact) mass is 502 g/mol. The van der Waals surface area contributed by atoms with Crippen molar-refractivity contribution in [2.24, 2.45) is 0 Å². The minimum atomic E-state index is 0.834. The topological polar surface area (TPSA) is 9.23 Å². The van der Waals surface area contributed by atoms with Crippen LogP contribution in [0.1, 0.15) is 141 Å². The van der Waals surface area contributed by atoms with Crippen LogP contribution >= 0.6 is 0 Å². The van der Waals surface area contributed by atoms with Gasteiger partial charge in [0.25, 0.3) is 0 Å². The van der Waals surface area contributed by atoms with Crippen LogP contribution in [0.4, 0.5) is 0 Å². The molecule has 1 aliphatic rings. The highest BCUT2D eigenvalue weighted by Crippen LogP contribution is 2.31. The summed E-state index contributed by atoms with van der Waals surface area (Å²) in [5.74, 6) is 1.01. The third-order valence-electron chi connectivity index (χ3n) is 8.04. The maximum absolute atomic E-state index is 6.08. The lowest BCUT2D eigenvalue weighted by Gasteiger charge is -2.16. The van der Waals surface area contributed by atoms with Gasteiger partial charge in [0, 0.05) is 0 Å². The molecule has 0 atom stereocenters. The van der Waals surface area contributed by atoms with Gasteiger partial charge in [-0.3, -0.25) is 0 Å². The average Bonchev–Trinajstić information content (AvgIpc) is 2.93. The van der Waals surface area contributed by atoms with E-state index in [0.29, 0.717) is 0 Å². The summed E-state index contributed by atoms with van der Waals surface area (Å²) < 4.78 is 6.08. The summed E-state index contributed by atoms with van der Waals surface area (Å²) in [5, 5.41) is 2.59. The molecule has 2 aromatic carbocycles. The molecule has 0 saturated heterocycles. The van der Waals surface area contributed by atoms with E-state index in [4.69, 9.17) is 4.74 Å². The number of allylic oxidation sites excluding steroid dienone is 4. The molecular formula is C36H54O. The van der Waals surface area contributed by atoms with Gasteiger partial charge in [0.1, 0.15) is 5.75 Å². The van der Waals surface area contributed by atoms with Crippen molar-refractivity contribution < 1.29 is 4.74 Å². The Hall–Kier alpha value is -2.02. The summed E-state index contributed by atoms with van der Waals surface area (Å²) in [6, 6.07) is 13.5. The van der Waals surface area contributed by atoms with E-state index in [1.165, 1.54) is 137 Å². The van der Waals surface area contributed by atoms with Crippen LogP contribution in [0.15, 0.2) is 54.1 Å². The smallest absolute Gasteiger partial charge is 0.119 e. The van der Waals surface area contributed by atoms with E-state index in [0.717, 1.165) is 18.8 Å². The Kier molecular flexibility index (Phi) is 14.6. The summed E-state index contributed by atoms with van der Waals surface area (Å²) in [5.41, 5.74) is 4.50. The zero-order valence-corrected chi connectivity index (χ0v) is 24.2. The average molecular weight is 503 g/mol. The van der Waals surface area contributed by atoms with E-state index in [1.807, 2.05) is 0 Å². The van der Waals surface area contributed by atoms with Crippen LogP contribution in [0.25, 0.3) is 16.3 Å². The van der Waals surface area contributed by atoms with E-state index in [9.17, 15) is 0 Å². The third kappa shape index (κ3) is 11.5. The highest BCUT2D eigenvalue weighted by Gasteiger charge is 2.09. The molecule has 0 unspecified atom stereocenters. The summed E-state index contributed by atoms with van der Waals surface area (Å²) in [6.45, 7) is 5.41. The SMILES string of the molecule is CCCCCCCCCCCCOc1ccc2cc(C3=CC=C(CCCCCCCC)CC3)ccc2c1. The quantitative estimate of drug-likeness (QED) is 0.164. The minimum absolute atomic E-state index is 0.834. The fraction of sp³-hybridized carbons (Fsp3) is 0.611. The Bertz CT molecular complexity index is 950. The van der Waals surface area contributed by atoms with E-state index in [1.54, 1.807) is 5.57 Å². The van der Waals surface area contributed by atoms with E-state index in [-0.39, 0.29) is 0 Å². The van der Waals surface area contributed by atoms with Gasteiger partial charge in [-0.05, 0) is 72.2 Å². The van der Waals surface area contributed by atoms with Crippen LogP contribution < -0.4 is 4.74 Å². The lowest BCUT2D eigenvalue weighted by Crippen LogP contribution is -1.97. The van der Waals surface area contributed by atoms with Gasteiger partial charge >= 0.3 is 0 Å². The van der Waals surface area contributed by atoms with Crippen molar-refractivity contribution in [3.63, 3.8) is 0 Å². The molecule has 1 aliphatic carbocycles. The fourth-order valence-electron chi connectivity index (χ4n) is 5.55. The van der Waals surface area contributed by atoms with Crippen molar-refractivity contribution in [1.29, 1.82) is 0 Å². The Morgan fingerprint density at radius 2 is 1.16 bits per heavy atom. The summed E-state index contributed by atoms with van der Waals surface area (Å²) in [4.78, 5) is 0. The van der Waals surface area contributed by atoms with Gasteiger partial charge in [0.15, 0.2) is 0 Å². The van der Waals surface area contributed by atoms with E-state index < -0.39 is 0 Å². The van der Waals surface area contributed by atoms with Crippen molar-refractivity contribution in [2.75, 3.05) is 6.61 Å². The van der Waals surface area contributed by atoms with Gasteiger partial charge in [-0.2, -0.15) is 0 Å². The molecule has 0 spiro atoms. The van der Waals surface area contributed by atoms with Crippen molar-refractivity contribution >= 4 is 16.3 Å². The number of hydrogen-bond acceptors (Lipinski definition) is 1. The van der Waals surface area contributed by atoms with Gasteiger partial charge < -0.3 is 4.74 Å². The predicted octanol–water partition coefficient (Wildman–Crippen LogP) is 12.0. The predicted molar refractivity (Wildman–Crippen MR) is 165 cm³/mol. The number of benzene rings is 2. The maximum Gasteiger partial charge on any atom is 0.119 e. The summed E-state index contributed by atoms with van der Waals surface area (Å²) in [6.07, 6.45) is 30.4. The molecule has 0 heterocycles. The van der Waals surface area contributed by atoms with Crippen molar-refractivity contribution in [1.82, 2.24) is 0 Å². The van der Waals surface area contributed by atoms with Gasteiger partial charge in [-0.15, -0.1) is 0 Å². The molecule has 0 saturated carbocycles. The number of rotatable bonds is 20. The molecular weight excluding hydrogens is 448 g/mol. The molecule has 0 amide bonds. The van der Waals surface area contributed by atoms with Gasteiger partial charge in [-0.25, -0.2) is 0 Å². The summed E-state index contributed by atoms with van der Waals surface area (Å²) in [7, 11) is 0. The van der Waals surface area contributed by atoms with E-state index in [2.05, 4.69) is 62.4 Å². The Morgan fingerprint density at radius 1 is 0.568 bits per heavy atom. The van der Waals surface area contributed by atoms with Gasteiger partial charge in [-0.1, -0.05) is 140 Å². The lowest BCUT2D eigenvalue weighted by molar-refractivity contribution is 0.304. The number of fused-ring (bicyclic) bond motifs is 1. The third-order valence-corrected chi connectivity index (χ3v) is 8.04. The normalized spacial score (nSPS) is 13.6. The first-order valence-corrected chi connectivity index (χ1v) is 15.9. The maximum atomic E-state index is 6.08. The Labute approximate surface area is 228 Å². The number of ether oxygens (including phenoxy) is 1. The first-order valence-electron chi connectivity index (χ1n) is 15.9. The Morgan fingerprint density at radius 3 is 1.81 bits per heavy atom. The van der Waals surface area contributed by atoms with Crippen LogP contribution in [0, 0.1) is 0 Å². The molecule has 2 aromatic rings. The zero-order chi connectivity index (χ0) is 26.0. The van der Waals surface area contributed by atoms with Crippen molar-refractivity contribution in [2.45, 2.75) is 136 Å². The second-order valence-electron chi connectivity index (χ2n) is 11.3. The molecule has 0 radical (unpaired) electrons. The Balaban J connectivity index is 1.36. The number of hydrogen-bond donors (Lipinski definition) is 0. The van der Waals surface area contributed by atoms with Gasteiger partial charge in [0.2, 0.25) is 0 Å². The summed E-state index contributed by atoms with van der Waals surface area (Å²) >= 11 is 0. The molecule has 0 aromatic heterocycles. The second kappa shape index (κ2) is 18.3. The fourth-order valence-corrected chi connectivity index (χ4v) is 5.55. The molecule has 37 heavy (non-hydrogen) atoms.